The van der Waals surface area contributed by atoms with Gasteiger partial charge in [0.25, 0.3) is 5.91 Å². The average molecular weight is 368 g/mol. The van der Waals surface area contributed by atoms with Crippen LogP contribution in [-0.4, -0.2) is 56.1 Å². The Bertz CT molecular complexity index is 825. The lowest BCUT2D eigenvalue weighted by molar-refractivity contribution is -0.197. The minimum atomic E-state index is -0.814. The monoisotopic (exact) mass is 367 g/mol. The summed E-state index contributed by atoms with van der Waals surface area (Å²) in [5.41, 5.74) is 0.970. The molecule has 9 nitrogen and oxygen atoms in total. The zero-order valence-electron chi connectivity index (χ0n) is 14.0. The molecule has 0 radical (unpaired) electrons. The van der Waals surface area contributed by atoms with E-state index in [1.165, 1.54) is 6.33 Å². The summed E-state index contributed by atoms with van der Waals surface area (Å²) in [6.45, 7) is 5.96. The number of rotatable bonds is 3. The van der Waals surface area contributed by atoms with E-state index in [1.54, 1.807) is 10.9 Å². The molecule has 0 bridgehead atoms. The number of carbonyl (C=O) groups is 1. The van der Waals surface area contributed by atoms with Crippen LogP contribution < -0.4 is 5.32 Å². The lowest BCUT2D eigenvalue weighted by atomic mass is 10.1. The highest BCUT2D eigenvalue weighted by molar-refractivity contribution is 6.33. The van der Waals surface area contributed by atoms with Crippen molar-refractivity contribution in [2.75, 3.05) is 6.54 Å². The van der Waals surface area contributed by atoms with E-state index < -0.39 is 30.3 Å². The van der Waals surface area contributed by atoms with Crippen molar-refractivity contribution in [1.82, 2.24) is 24.8 Å². The Balaban J connectivity index is 1.73. The molecule has 2 fully saturated rings. The standard InChI is InChI=1S/C15H18ClN5O4/c1-4-17-13(22)9-8-10(25-15(2,3)24-8)14(23-9)21-6-20-7-11(16)18-5-19-12(7)21/h5-6,8-10,14H,4H2,1-3H3,(H,17,22). The number of nitrogens with one attached hydrogen (secondary N) is 1. The van der Waals surface area contributed by atoms with Crippen molar-refractivity contribution >= 4 is 28.7 Å². The summed E-state index contributed by atoms with van der Waals surface area (Å²) in [6, 6.07) is 0. The number of hydrogen-bond donors (Lipinski definition) is 1. The molecule has 25 heavy (non-hydrogen) atoms. The van der Waals surface area contributed by atoms with Gasteiger partial charge in [-0.2, -0.15) is 0 Å². The maximum atomic E-state index is 12.4. The van der Waals surface area contributed by atoms with Gasteiger partial charge < -0.3 is 19.5 Å². The molecule has 2 aliphatic rings. The normalized spacial score (nSPS) is 30.6. The first-order valence-electron chi connectivity index (χ1n) is 8.03. The molecule has 2 saturated heterocycles. The number of hydrogen-bond acceptors (Lipinski definition) is 7. The van der Waals surface area contributed by atoms with Crippen molar-refractivity contribution in [2.24, 2.45) is 0 Å². The largest absolute Gasteiger partial charge is 0.354 e. The van der Waals surface area contributed by atoms with Crippen LogP contribution in [0.25, 0.3) is 11.2 Å². The molecule has 1 N–H and O–H groups in total. The Morgan fingerprint density at radius 1 is 1.32 bits per heavy atom. The summed E-state index contributed by atoms with van der Waals surface area (Å²) in [4.78, 5) is 24.8. The van der Waals surface area contributed by atoms with E-state index in [9.17, 15) is 4.79 Å². The fourth-order valence-corrected chi connectivity index (χ4v) is 3.47. The maximum Gasteiger partial charge on any atom is 0.252 e. The minimum Gasteiger partial charge on any atom is -0.354 e. The second-order valence-electron chi connectivity index (χ2n) is 6.40. The molecule has 2 aliphatic heterocycles. The molecule has 0 aromatic carbocycles. The third-order valence-corrected chi connectivity index (χ3v) is 4.50. The summed E-state index contributed by atoms with van der Waals surface area (Å²) < 4.78 is 19.6. The quantitative estimate of drug-likeness (QED) is 0.808. The maximum absolute atomic E-state index is 12.4. The zero-order chi connectivity index (χ0) is 17.8. The second-order valence-corrected chi connectivity index (χ2v) is 6.75. The number of fused-ring (bicyclic) bond motifs is 2. The average Bonchev–Trinajstić information content (AvgIpc) is 3.18. The molecule has 10 heteroatoms. The number of ether oxygens (including phenoxy) is 3. The first-order valence-corrected chi connectivity index (χ1v) is 8.41. The van der Waals surface area contributed by atoms with Crippen LogP contribution in [0.5, 0.6) is 0 Å². The number of carbonyl (C=O) groups excluding carboxylic acids is 1. The van der Waals surface area contributed by atoms with Crippen molar-refractivity contribution in [2.45, 2.75) is 51.1 Å². The van der Waals surface area contributed by atoms with Crippen molar-refractivity contribution in [3.63, 3.8) is 0 Å². The van der Waals surface area contributed by atoms with Crippen LogP contribution in [0, 0.1) is 0 Å². The van der Waals surface area contributed by atoms with Gasteiger partial charge in [-0.15, -0.1) is 0 Å². The molecule has 0 aliphatic carbocycles. The van der Waals surface area contributed by atoms with Crippen LogP contribution >= 0.6 is 11.6 Å². The van der Waals surface area contributed by atoms with Crippen LogP contribution in [0.15, 0.2) is 12.7 Å². The zero-order valence-corrected chi connectivity index (χ0v) is 14.7. The van der Waals surface area contributed by atoms with Crippen LogP contribution in [0.2, 0.25) is 5.15 Å². The Kier molecular flexibility index (Phi) is 3.91. The molecule has 4 unspecified atom stereocenters. The topological polar surface area (TPSA) is 100 Å². The number of likely N-dealkylation sites (N-methyl/N-ethyl adjacent to an activating group) is 1. The third-order valence-electron chi connectivity index (χ3n) is 4.23. The van der Waals surface area contributed by atoms with Gasteiger partial charge in [-0.1, -0.05) is 11.6 Å². The fourth-order valence-electron chi connectivity index (χ4n) is 3.30. The van der Waals surface area contributed by atoms with E-state index in [2.05, 4.69) is 20.3 Å². The van der Waals surface area contributed by atoms with E-state index in [0.29, 0.717) is 17.7 Å². The summed E-state index contributed by atoms with van der Waals surface area (Å²) in [6.07, 6.45) is 0.505. The molecule has 1 amide bonds. The molecule has 4 heterocycles. The van der Waals surface area contributed by atoms with E-state index in [-0.39, 0.29) is 11.1 Å². The Hall–Kier alpha value is -1.81. The highest BCUT2D eigenvalue weighted by atomic mass is 35.5. The number of halogens is 1. The van der Waals surface area contributed by atoms with E-state index in [4.69, 9.17) is 25.8 Å². The highest BCUT2D eigenvalue weighted by Crippen LogP contribution is 2.43. The van der Waals surface area contributed by atoms with E-state index in [1.807, 2.05) is 20.8 Å². The first-order chi connectivity index (χ1) is 11.9. The van der Waals surface area contributed by atoms with Crippen molar-refractivity contribution in [3.8, 4) is 0 Å². The molecule has 134 valence electrons. The van der Waals surface area contributed by atoms with Crippen molar-refractivity contribution in [1.29, 1.82) is 0 Å². The molecule has 0 saturated carbocycles. The molecule has 0 spiro atoms. The molecular formula is C15H18ClN5O4. The molecule has 2 aromatic rings. The van der Waals surface area contributed by atoms with Crippen LogP contribution in [-0.2, 0) is 19.0 Å². The predicted molar refractivity (Wildman–Crippen MR) is 86.8 cm³/mol. The summed E-state index contributed by atoms with van der Waals surface area (Å²) in [5, 5.41) is 3.02. The van der Waals surface area contributed by atoms with Gasteiger partial charge in [-0.3, -0.25) is 9.36 Å². The number of imidazole rings is 1. The van der Waals surface area contributed by atoms with Gasteiger partial charge in [-0.05, 0) is 20.8 Å². The predicted octanol–water partition coefficient (Wildman–Crippen LogP) is 1.03. The summed E-state index contributed by atoms with van der Waals surface area (Å²) in [7, 11) is 0. The van der Waals surface area contributed by atoms with Gasteiger partial charge in [0, 0.05) is 6.54 Å². The summed E-state index contributed by atoms with van der Waals surface area (Å²) in [5.74, 6) is -1.05. The Morgan fingerprint density at radius 3 is 2.84 bits per heavy atom. The van der Waals surface area contributed by atoms with Gasteiger partial charge >= 0.3 is 0 Å². The number of amides is 1. The van der Waals surface area contributed by atoms with Crippen LogP contribution in [0.3, 0.4) is 0 Å². The van der Waals surface area contributed by atoms with Gasteiger partial charge in [0.2, 0.25) is 0 Å². The molecular weight excluding hydrogens is 350 g/mol. The molecule has 4 rings (SSSR count). The smallest absolute Gasteiger partial charge is 0.252 e. The fraction of sp³-hybridized carbons (Fsp3) is 0.600. The Morgan fingerprint density at radius 2 is 2.08 bits per heavy atom. The van der Waals surface area contributed by atoms with Gasteiger partial charge in [0.15, 0.2) is 28.9 Å². The SMILES string of the molecule is CCNC(=O)C1OC(n2cnc3c(Cl)ncnc32)C2OC(C)(C)OC12. The second kappa shape index (κ2) is 5.87. The molecule has 2 aromatic heterocycles. The number of nitrogens with zero attached hydrogens (tertiary/aromatic N) is 4. The van der Waals surface area contributed by atoms with Crippen molar-refractivity contribution in [3.05, 3.63) is 17.8 Å². The van der Waals surface area contributed by atoms with Crippen LogP contribution in [0.1, 0.15) is 27.0 Å². The van der Waals surface area contributed by atoms with E-state index in [0.717, 1.165) is 0 Å². The lowest BCUT2D eigenvalue weighted by Crippen LogP contribution is -2.42. The number of aromatic nitrogens is 4. The van der Waals surface area contributed by atoms with Crippen molar-refractivity contribution < 1.29 is 19.0 Å². The lowest BCUT2D eigenvalue weighted by Gasteiger charge is -2.24. The molecule has 4 atom stereocenters. The summed E-state index contributed by atoms with van der Waals surface area (Å²) >= 11 is 6.07. The van der Waals surface area contributed by atoms with Gasteiger partial charge in [0.05, 0.1) is 6.33 Å². The first kappa shape index (κ1) is 16.6. The Labute approximate surface area is 148 Å². The minimum absolute atomic E-state index is 0.238. The van der Waals surface area contributed by atoms with Gasteiger partial charge in [0.1, 0.15) is 24.1 Å². The third kappa shape index (κ3) is 2.67. The van der Waals surface area contributed by atoms with E-state index >= 15 is 0 Å². The van der Waals surface area contributed by atoms with Gasteiger partial charge in [-0.25, -0.2) is 15.0 Å². The van der Waals surface area contributed by atoms with Crippen LogP contribution in [0.4, 0.5) is 0 Å². The highest BCUT2D eigenvalue weighted by Gasteiger charge is 2.58.